The summed E-state index contributed by atoms with van der Waals surface area (Å²) < 4.78 is 5.38. The second kappa shape index (κ2) is 9.27. The van der Waals surface area contributed by atoms with Crippen molar-refractivity contribution in [3.63, 3.8) is 0 Å². The molecule has 2 saturated heterocycles. The summed E-state index contributed by atoms with van der Waals surface area (Å²) in [4.78, 5) is 17.5. The van der Waals surface area contributed by atoms with Crippen LogP contribution in [0, 0.1) is 11.8 Å². The number of aliphatic hydroxyl groups is 1. The first-order chi connectivity index (χ1) is 14.5. The maximum absolute atomic E-state index is 10.2. The van der Waals surface area contributed by atoms with Crippen LogP contribution in [0.25, 0.3) is 0 Å². The molecule has 2 fully saturated rings. The summed E-state index contributed by atoms with van der Waals surface area (Å²) in [5.74, 6) is 6.67. The minimum Gasteiger partial charge on any atom is -0.390 e. The molecule has 0 saturated carbocycles. The number of piperidine rings is 1. The number of anilines is 1. The average Bonchev–Trinajstić information content (AvgIpc) is 2.75. The Bertz CT molecular complexity index is 923. The molecular weight excluding hydrogens is 402 g/mol. The number of aromatic nitrogens is 3. The van der Waals surface area contributed by atoms with Gasteiger partial charge in [-0.15, -0.1) is 0 Å². The predicted octanol–water partition coefficient (Wildman–Crippen LogP) is 2.11. The van der Waals surface area contributed by atoms with Gasteiger partial charge in [-0.3, -0.25) is 4.90 Å². The number of hydrogen-bond acceptors (Lipinski definition) is 7. The minimum absolute atomic E-state index is 0.427. The van der Waals surface area contributed by atoms with E-state index in [1.165, 1.54) is 0 Å². The lowest BCUT2D eigenvalue weighted by atomic mass is 9.93. The molecule has 0 bridgehead atoms. The van der Waals surface area contributed by atoms with Crippen molar-refractivity contribution in [1.29, 1.82) is 0 Å². The number of rotatable bonds is 3. The topological polar surface area (TPSA) is 74.6 Å². The predicted molar refractivity (Wildman–Crippen MR) is 115 cm³/mol. The van der Waals surface area contributed by atoms with Gasteiger partial charge in [0.15, 0.2) is 0 Å². The van der Waals surface area contributed by atoms with Gasteiger partial charge in [0.2, 0.25) is 5.82 Å². The van der Waals surface area contributed by atoms with Gasteiger partial charge in [-0.25, -0.2) is 15.0 Å². The Hall–Kier alpha value is -2.24. The summed E-state index contributed by atoms with van der Waals surface area (Å²) in [6, 6.07) is 1.83. The molecule has 0 atom stereocenters. The highest BCUT2D eigenvalue weighted by molar-refractivity contribution is 6.29. The Morgan fingerprint density at radius 2 is 1.77 bits per heavy atom. The quantitative estimate of drug-likeness (QED) is 0.594. The molecule has 4 rings (SSSR count). The van der Waals surface area contributed by atoms with Crippen molar-refractivity contribution in [2.24, 2.45) is 0 Å². The van der Waals surface area contributed by atoms with Crippen molar-refractivity contribution in [2.75, 3.05) is 44.3 Å². The number of morpholine rings is 1. The van der Waals surface area contributed by atoms with Crippen molar-refractivity contribution < 1.29 is 9.84 Å². The summed E-state index contributed by atoms with van der Waals surface area (Å²) in [7, 11) is 0. The van der Waals surface area contributed by atoms with Crippen LogP contribution in [-0.4, -0.2) is 70.0 Å². The monoisotopic (exact) mass is 427 g/mol. The molecule has 4 heterocycles. The second-order valence-corrected chi connectivity index (χ2v) is 8.45. The Labute approximate surface area is 182 Å². The molecule has 0 aliphatic carbocycles. The molecule has 0 radical (unpaired) electrons. The maximum atomic E-state index is 10.2. The fourth-order valence-electron chi connectivity index (χ4n) is 3.65. The molecule has 1 N–H and O–H groups in total. The molecule has 7 nitrogen and oxygen atoms in total. The van der Waals surface area contributed by atoms with Gasteiger partial charge in [0.05, 0.1) is 30.1 Å². The molecule has 8 heteroatoms. The average molecular weight is 428 g/mol. The van der Waals surface area contributed by atoms with Crippen LogP contribution in [0.2, 0.25) is 5.15 Å². The van der Waals surface area contributed by atoms with Crippen LogP contribution in [0.5, 0.6) is 0 Å². The largest absolute Gasteiger partial charge is 0.390 e. The zero-order valence-electron chi connectivity index (χ0n) is 17.1. The van der Waals surface area contributed by atoms with Crippen LogP contribution < -0.4 is 4.90 Å². The Balaban J connectivity index is 1.47. The lowest BCUT2D eigenvalue weighted by molar-refractivity contribution is 0.0340. The van der Waals surface area contributed by atoms with E-state index in [-0.39, 0.29) is 0 Å². The summed E-state index contributed by atoms with van der Waals surface area (Å²) in [5, 5.41) is 10.6. The van der Waals surface area contributed by atoms with E-state index >= 15 is 0 Å². The Kier molecular flexibility index (Phi) is 6.49. The van der Waals surface area contributed by atoms with Gasteiger partial charge < -0.3 is 14.7 Å². The van der Waals surface area contributed by atoms with E-state index < -0.39 is 5.60 Å². The molecule has 2 aromatic rings. The number of halogens is 1. The highest BCUT2D eigenvalue weighted by Gasteiger charge is 2.28. The molecular formula is C22H26ClN5O2. The first kappa shape index (κ1) is 21.0. The van der Waals surface area contributed by atoms with Crippen molar-refractivity contribution in [1.82, 2.24) is 19.9 Å². The first-order valence-corrected chi connectivity index (χ1v) is 10.6. The first-order valence-electron chi connectivity index (χ1n) is 10.2. The third-order valence-electron chi connectivity index (χ3n) is 5.55. The summed E-state index contributed by atoms with van der Waals surface area (Å²) in [6.07, 6.45) is 6.76. The van der Waals surface area contributed by atoms with Crippen molar-refractivity contribution in [3.05, 3.63) is 46.8 Å². The number of hydrogen-bond donors (Lipinski definition) is 1. The molecule has 30 heavy (non-hydrogen) atoms. The molecule has 0 unspecified atom stereocenters. The highest BCUT2D eigenvalue weighted by atomic mass is 35.5. The van der Waals surface area contributed by atoms with Crippen LogP contribution in [0.3, 0.4) is 0 Å². The van der Waals surface area contributed by atoms with E-state index in [1.807, 2.05) is 25.4 Å². The summed E-state index contributed by atoms with van der Waals surface area (Å²) in [6.45, 7) is 7.60. The third kappa shape index (κ3) is 5.46. The van der Waals surface area contributed by atoms with Crippen LogP contribution >= 0.6 is 11.6 Å². The summed E-state index contributed by atoms with van der Waals surface area (Å²) in [5.41, 5.74) is 2.16. The molecule has 0 spiro atoms. The van der Waals surface area contributed by atoms with Crippen molar-refractivity contribution >= 4 is 17.3 Å². The molecule has 158 valence electrons. The summed E-state index contributed by atoms with van der Waals surface area (Å²) >= 11 is 6.13. The van der Waals surface area contributed by atoms with Crippen LogP contribution in [-0.2, 0) is 11.3 Å². The van der Waals surface area contributed by atoms with Crippen LogP contribution in [0.1, 0.15) is 36.7 Å². The Morgan fingerprint density at radius 1 is 1.07 bits per heavy atom. The van der Waals surface area contributed by atoms with E-state index in [0.29, 0.717) is 23.8 Å². The zero-order valence-corrected chi connectivity index (χ0v) is 17.9. The van der Waals surface area contributed by atoms with Gasteiger partial charge in [-0.2, -0.15) is 0 Å². The number of nitrogens with zero attached hydrogens (tertiary/aromatic N) is 5. The number of pyridine rings is 1. The fraction of sp³-hybridized carbons (Fsp3) is 0.500. The highest BCUT2D eigenvalue weighted by Crippen LogP contribution is 2.29. The van der Waals surface area contributed by atoms with E-state index in [2.05, 4.69) is 36.6 Å². The van der Waals surface area contributed by atoms with Crippen LogP contribution in [0.4, 0.5) is 5.69 Å². The van der Waals surface area contributed by atoms with Gasteiger partial charge in [-0.1, -0.05) is 17.5 Å². The van der Waals surface area contributed by atoms with E-state index in [9.17, 15) is 5.11 Å². The van der Waals surface area contributed by atoms with Gasteiger partial charge >= 0.3 is 0 Å². The third-order valence-corrected chi connectivity index (χ3v) is 5.76. The fourth-order valence-corrected chi connectivity index (χ4v) is 3.80. The van der Waals surface area contributed by atoms with Crippen molar-refractivity contribution in [3.8, 4) is 11.8 Å². The lowest BCUT2D eigenvalue weighted by Crippen LogP contribution is -2.42. The van der Waals surface area contributed by atoms with Gasteiger partial charge in [0, 0.05) is 62.9 Å². The Morgan fingerprint density at radius 3 is 2.47 bits per heavy atom. The minimum atomic E-state index is -0.615. The van der Waals surface area contributed by atoms with Gasteiger partial charge in [-0.05, 0) is 25.7 Å². The van der Waals surface area contributed by atoms with Crippen molar-refractivity contribution in [2.45, 2.75) is 31.9 Å². The smallest absolute Gasteiger partial charge is 0.205 e. The lowest BCUT2D eigenvalue weighted by Gasteiger charge is -2.37. The molecule has 0 aromatic carbocycles. The van der Waals surface area contributed by atoms with E-state index in [0.717, 1.165) is 62.8 Å². The zero-order chi connectivity index (χ0) is 21.0. The molecule has 2 aliphatic rings. The standard InChI is InChI=1S/C22H26ClN5O2/c1-22(29)4-6-28(7-5-22)19-12-20(23)24-15-18(19)2-3-21-25-13-17(14-26-21)16-27-8-10-30-11-9-27/h12-15,29H,4-11,16H2,1H3. The maximum Gasteiger partial charge on any atom is 0.205 e. The second-order valence-electron chi connectivity index (χ2n) is 8.06. The molecule has 2 aromatic heterocycles. The molecule has 0 amide bonds. The van der Waals surface area contributed by atoms with Crippen LogP contribution in [0.15, 0.2) is 24.7 Å². The van der Waals surface area contributed by atoms with Gasteiger partial charge in [0.25, 0.3) is 0 Å². The van der Waals surface area contributed by atoms with E-state index in [1.54, 1.807) is 6.20 Å². The number of ether oxygens (including phenoxy) is 1. The normalized spacial score (nSPS) is 19.2. The SMILES string of the molecule is CC1(O)CCN(c2cc(Cl)ncc2C#Cc2ncc(CN3CCOCC3)cn2)CC1. The van der Waals surface area contributed by atoms with E-state index in [4.69, 9.17) is 16.3 Å². The molecule has 2 aliphatic heterocycles. The van der Waals surface area contributed by atoms with Gasteiger partial charge in [0.1, 0.15) is 5.15 Å².